The minimum absolute atomic E-state index is 0.00524. The second kappa shape index (κ2) is 8.27. The molecule has 30 heavy (non-hydrogen) atoms. The van der Waals surface area contributed by atoms with E-state index in [-0.39, 0.29) is 17.9 Å². The Hall–Kier alpha value is -3.82. The summed E-state index contributed by atoms with van der Waals surface area (Å²) < 4.78 is 11.0. The Morgan fingerprint density at radius 1 is 1.07 bits per heavy atom. The number of benzene rings is 2. The lowest BCUT2D eigenvalue weighted by molar-refractivity contribution is -0.384. The summed E-state index contributed by atoms with van der Waals surface area (Å²) >= 11 is 0. The molecule has 2 aromatic carbocycles. The van der Waals surface area contributed by atoms with E-state index in [1.165, 1.54) is 12.1 Å². The second-order valence-corrected chi connectivity index (χ2v) is 6.96. The molecule has 1 saturated heterocycles. The maximum atomic E-state index is 12.4. The number of carbonyl (C=O) groups is 2. The molecule has 2 aliphatic rings. The number of nitro groups is 1. The van der Waals surface area contributed by atoms with Crippen molar-refractivity contribution in [3.63, 3.8) is 0 Å². The van der Waals surface area contributed by atoms with Crippen molar-refractivity contribution in [3.8, 4) is 11.5 Å². The third kappa shape index (κ3) is 3.97. The van der Waals surface area contributed by atoms with Gasteiger partial charge in [-0.05, 0) is 37.1 Å². The maximum absolute atomic E-state index is 12.4. The Labute approximate surface area is 171 Å². The third-order valence-corrected chi connectivity index (χ3v) is 4.98. The van der Waals surface area contributed by atoms with Gasteiger partial charge < -0.3 is 14.4 Å². The smallest absolute Gasteiger partial charge is 0.293 e. The summed E-state index contributed by atoms with van der Waals surface area (Å²) in [4.78, 5) is 37.6. The van der Waals surface area contributed by atoms with E-state index in [1.54, 1.807) is 30.3 Å². The second-order valence-electron chi connectivity index (χ2n) is 6.96. The van der Waals surface area contributed by atoms with Crippen LogP contribution in [0.1, 0.15) is 23.2 Å². The minimum Gasteiger partial charge on any atom is -0.485 e. The minimum atomic E-state index is -0.938. The fourth-order valence-corrected chi connectivity index (χ4v) is 3.46. The number of carbonyl (C=O) groups excluding carboxylic acids is 2. The van der Waals surface area contributed by atoms with Crippen LogP contribution in [0.3, 0.4) is 0 Å². The normalized spacial score (nSPS) is 17.3. The topological polar surface area (TPSA) is 123 Å². The quantitative estimate of drug-likeness (QED) is 0.580. The van der Waals surface area contributed by atoms with Crippen LogP contribution in [0, 0.1) is 10.1 Å². The van der Waals surface area contributed by atoms with Crippen molar-refractivity contribution in [2.75, 3.05) is 24.6 Å². The number of para-hydroxylation sites is 2. The lowest BCUT2D eigenvalue weighted by Crippen LogP contribution is -2.50. The summed E-state index contributed by atoms with van der Waals surface area (Å²) in [5.74, 6) is -0.295. The molecule has 1 atom stereocenters. The van der Waals surface area contributed by atoms with Crippen molar-refractivity contribution in [3.05, 3.63) is 58.1 Å². The van der Waals surface area contributed by atoms with Crippen LogP contribution in [0.5, 0.6) is 11.5 Å². The Morgan fingerprint density at radius 2 is 1.80 bits per heavy atom. The van der Waals surface area contributed by atoms with Crippen molar-refractivity contribution < 1.29 is 24.0 Å². The summed E-state index contributed by atoms with van der Waals surface area (Å²) in [6.07, 6.45) is 1.01. The number of nitrogens with zero attached hydrogens (tertiary/aromatic N) is 2. The zero-order chi connectivity index (χ0) is 21.1. The Morgan fingerprint density at radius 3 is 2.53 bits per heavy atom. The van der Waals surface area contributed by atoms with E-state index in [0.717, 1.165) is 25.9 Å². The number of ether oxygens (including phenoxy) is 2. The zero-order valence-corrected chi connectivity index (χ0v) is 16.0. The molecule has 10 heteroatoms. The number of nitrogens with one attached hydrogen (secondary N) is 2. The van der Waals surface area contributed by atoms with Crippen molar-refractivity contribution in [1.29, 1.82) is 0 Å². The van der Waals surface area contributed by atoms with Crippen LogP contribution in [0.2, 0.25) is 0 Å². The molecule has 2 aliphatic heterocycles. The highest BCUT2D eigenvalue weighted by Gasteiger charge is 2.28. The highest BCUT2D eigenvalue weighted by molar-refractivity contribution is 5.97. The first-order valence-corrected chi connectivity index (χ1v) is 9.55. The molecule has 2 amide bonds. The van der Waals surface area contributed by atoms with Gasteiger partial charge in [0.25, 0.3) is 17.5 Å². The molecular weight excluding hydrogens is 392 g/mol. The van der Waals surface area contributed by atoms with Crippen LogP contribution in [-0.2, 0) is 4.79 Å². The van der Waals surface area contributed by atoms with Crippen LogP contribution in [0.15, 0.2) is 42.5 Å². The highest BCUT2D eigenvalue weighted by Crippen LogP contribution is 2.32. The van der Waals surface area contributed by atoms with Gasteiger partial charge in [-0.3, -0.25) is 30.6 Å². The first kappa shape index (κ1) is 19.5. The molecule has 10 nitrogen and oxygen atoms in total. The average molecular weight is 412 g/mol. The molecule has 2 N–H and O–H groups in total. The van der Waals surface area contributed by atoms with Gasteiger partial charge in [0.05, 0.1) is 4.92 Å². The fraction of sp³-hybridized carbons (Fsp3) is 0.300. The summed E-state index contributed by atoms with van der Waals surface area (Å²) in [5.41, 5.74) is 4.96. The van der Waals surface area contributed by atoms with Gasteiger partial charge in [-0.2, -0.15) is 0 Å². The van der Waals surface area contributed by atoms with Gasteiger partial charge >= 0.3 is 0 Å². The number of fused-ring (bicyclic) bond motifs is 1. The van der Waals surface area contributed by atoms with Crippen LogP contribution in [-0.4, -0.2) is 42.5 Å². The van der Waals surface area contributed by atoms with Gasteiger partial charge in [-0.15, -0.1) is 0 Å². The molecular formula is C20H20N4O6. The van der Waals surface area contributed by atoms with Crippen molar-refractivity contribution in [1.82, 2.24) is 10.9 Å². The number of anilines is 1. The molecule has 0 aliphatic carbocycles. The van der Waals surface area contributed by atoms with Crippen LogP contribution in [0.25, 0.3) is 0 Å². The lowest BCUT2D eigenvalue weighted by Gasteiger charge is -2.25. The molecule has 156 valence electrons. The first-order valence-electron chi connectivity index (χ1n) is 9.55. The summed E-state index contributed by atoms with van der Waals surface area (Å²) in [6, 6.07) is 11.2. The van der Waals surface area contributed by atoms with Gasteiger partial charge in [-0.1, -0.05) is 12.1 Å². The molecule has 2 heterocycles. The summed E-state index contributed by atoms with van der Waals surface area (Å²) in [5, 5.41) is 11.5. The van der Waals surface area contributed by atoms with Gasteiger partial charge in [0.2, 0.25) is 6.10 Å². The highest BCUT2D eigenvalue weighted by atomic mass is 16.6. The van der Waals surface area contributed by atoms with E-state index in [2.05, 4.69) is 10.9 Å². The number of rotatable bonds is 4. The van der Waals surface area contributed by atoms with Gasteiger partial charge in [0.15, 0.2) is 11.5 Å². The number of nitro benzene ring substituents is 1. The van der Waals surface area contributed by atoms with Gasteiger partial charge in [0, 0.05) is 24.7 Å². The fourth-order valence-electron chi connectivity index (χ4n) is 3.46. The standard InChI is InChI=1S/C20H20N4O6/c25-19(13-7-8-14(15(11-13)24(27)28)23-9-3-4-10-23)21-22-20(26)18-12-29-16-5-1-2-6-17(16)30-18/h1-2,5-8,11,18H,3-4,9-10,12H2,(H,21,25)(H,22,26)/t18-/m0/s1. The average Bonchev–Trinajstić information content (AvgIpc) is 3.31. The molecule has 2 aromatic rings. The third-order valence-electron chi connectivity index (χ3n) is 4.98. The molecule has 0 spiro atoms. The Kier molecular flexibility index (Phi) is 5.38. The van der Waals surface area contributed by atoms with E-state index in [9.17, 15) is 19.7 Å². The lowest BCUT2D eigenvalue weighted by atomic mass is 10.1. The summed E-state index contributed by atoms with van der Waals surface area (Å²) in [7, 11) is 0. The zero-order valence-electron chi connectivity index (χ0n) is 16.0. The number of hydrogen-bond donors (Lipinski definition) is 2. The molecule has 0 unspecified atom stereocenters. The van der Waals surface area contributed by atoms with Crippen LogP contribution < -0.4 is 25.2 Å². The van der Waals surface area contributed by atoms with Crippen molar-refractivity contribution >= 4 is 23.2 Å². The number of hydrazine groups is 1. The van der Waals surface area contributed by atoms with E-state index in [1.807, 2.05) is 4.90 Å². The summed E-state index contributed by atoms with van der Waals surface area (Å²) in [6.45, 7) is 1.48. The molecule has 4 rings (SSSR count). The van der Waals surface area contributed by atoms with E-state index in [0.29, 0.717) is 17.2 Å². The molecule has 1 fully saturated rings. The first-order chi connectivity index (χ1) is 14.5. The predicted octanol–water partition coefficient (Wildman–Crippen LogP) is 1.80. The van der Waals surface area contributed by atoms with Crippen LogP contribution >= 0.6 is 0 Å². The molecule has 0 saturated carbocycles. The Balaban J connectivity index is 1.40. The number of amides is 2. The molecule has 0 aromatic heterocycles. The predicted molar refractivity (Wildman–Crippen MR) is 107 cm³/mol. The number of hydrogen-bond acceptors (Lipinski definition) is 7. The van der Waals surface area contributed by atoms with Gasteiger partial charge in [-0.25, -0.2) is 0 Å². The molecule has 0 bridgehead atoms. The Bertz CT molecular complexity index is 989. The SMILES string of the molecule is O=C(NNC(=O)[C@@H]1COc2ccccc2O1)c1ccc(N2CCCC2)c([N+](=O)[O-])c1. The van der Waals surface area contributed by atoms with Crippen molar-refractivity contribution in [2.24, 2.45) is 0 Å². The van der Waals surface area contributed by atoms with E-state index >= 15 is 0 Å². The van der Waals surface area contributed by atoms with Gasteiger partial charge in [0.1, 0.15) is 12.3 Å². The van der Waals surface area contributed by atoms with Crippen LogP contribution in [0.4, 0.5) is 11.4 Å². The maximum Gasteiger partial charge on any atom is 0.293 e. The molecule has 0 radical (unpaired) electrons. The largest absolute Gasteiger partial charge is 0.485 e. The monoisotopic (exact) mass is 412 g/mol. The van der Waals surface area contributed by atoms with E-state index in [4.69, 9.17) is 9.47 Å². The van der Waals surface area contributed by atoms with Crippen molar-refractivity contribution in [2.45, 2.75) is 18.9 Å². The van der Waals surface area contributed by atoms with E-state index < -0.39 is 22.8 Å².